The third-order valence-electron chi connectivity index (χ3n) is 5.78. The second-order valence-electron chi connectivity index (χ2n) is 7.72. The standard InChI is InChI=1S/C24H28N4S/c1-4-14-27-23(22(26-24(27)29)21-12-8-9-13-25-21)20-15-17(2)28(18(20)3)16-19-10-6-5-7-11-19/h5-13,15,22-23H,4,14,16H2,1-3H3,(H,26,29)/t22-,23-/m0/s1. The zero-order chi connectivity index (χ0) is 20.4. The third-order valence-corrected chi connectivity index (χ3v) is 6.13. The zero-order valence-electron chi connectivity index (χ0n) is 17.3. The van der Waals surface area contributed by atoms with Crippen molar-refractivity contribution in [2.24, 2.45) is 0 Å². The maximum Gasteiger partial charge on any atom is 0.170 e. The number of hydrogen-bond donors (Lipinski definition) is 1. The summed E-state index contributed by atoms with van der Waals surface area (Å²) in [4.78, 5) is 6.97. The Labute approximate surface area is 178 Å². The molecule has 1 aliphatic heterocycles. The molecule has 5 heteroatoms. The Morgan fingerprint density at radius 3 is 2.52 bits per heavy atom. The normalized spacial score (nSPS) is 18.9. The smallest absolute Gasteiger partial charge is 0.170 e. The highest BCUT2D eigenvalue weighted by atomic mass is 32.1. The Kier molecular flexibility index (Phi) is 5.67. The molecule has 0 radical (unpaired) electrons. The van der Waals surface area contributed by atoms with Gasteiger partial charge in [-0.2, -0.15) is 0 Å². The number of rotatable bonds is 6. The average Bonchev–Trinajstić information content (AvgIpc) is 3.21. The van der Waals surface area contributed by atoms with E-state index in [1.54, 1.807) is 0 Å². The fourth-order valence-corrected chi connectivity index (χ4v) is 4.69. The molecule has 0 saturated carbocycles. The van der Waals surface area contributed by atoms with E-state index in [1.807, 2.05) is 18.3 Å². The summed E-state index contributed by atoms with van der Waals surface area (Å²) in [5.41, 5.74) is 6.24. The van der Waals surface area contributed by atoms with E-state index in [-0.39, 0.29) is 12.1 Å². The van der Waals surface area contributed by atoms with Crippen LogP contribution < -0.4 is 5.32 Å². The number of thiocarbonyl (C=S) groups is 1. The minimum absolute atomic E-state index is 0.0564. The molecule has 0 aliphatic carbocycles. The number of nitrogens with one attached hydrogen (secondary N) is 1. The van der Waals surface area contributed by atoms with E-state index in [0.717, 1.165) is 30.3 Å². The van der Waals surface area contributed by atoms with Crippen LogP contribution in [0.1, 0.15) is 53.6 Å². The number of aromatic nitrogens is 2. The van der Waals surface area contributed by atoms with Crippen molar-refractivity contribution in [3.63, 3.8) is 0 Å². The van der Waals surface area contributed by atoms with E-state index in [2.05, 4.69) is 83.0 Å². The molecule has 0 spiro atoms. The van der Waals surface area contributed by atoms with Crippen LogP contribution >= 0.6 is 12.2 Å². The Balaban J connectivity index is 1.75. The van der Waals surface area contributed by atoms with Gasteiger partial charge in [0.05, 0.1) is 17.8 Å². The van der Waals surface area contributed by atoms with Gasteiger partial charge in [0.25, 0.3) is 0 Å². The summed E-state index contributed by atoms with van der Waals surface area (Å²) in [5.74, 6) is 0. The molecular weight excluding hydrogens is 376 g/mol. The lowest BCUT2D eigenvalue weighted by atomic mass is 9.96. The summed E-state index contributed by atoms with van der Waals surface area (Å²) >= 11 is 5.73. The number of pyridine rings is 1. The van der Waals surface area contributed by atoms with E-state index in [4.69, 9.17) is 12.2 Å². The lowest BCUT2D eigenvalue weighted by Gasteiger charge is -2.27. The van der Waals surface area contributed by atoms with Crippen LogP contribution in [-0.2, 0) is 6.54 Å². The van der Waals surface area contributed by atoms with Gasteiger partial charge in [-0.1, -0.05) is 43.3 Å². The first kappa shape index (κ1) is 19.6. The molecule has 0 bridgehead atoms. The van der Waals surface area contributed by atoms with Crippen LogP contribution in [0.15, 0.2) is 60.8 Å². The molecule has 0 unspecified atom stereocenters. The lowest BCUT2D eigenvalue weighted by Crippen LogP contribution is -2.30. The highest BCUT2D eigenvalue weighted by Gasteiger charge is 2.40. The molecule has 2 aromatic heterocycles. The SMILES string of the molecule is CCCN1C(=S)N[C@@H](c2ccccn2)[C@@H]1c1cc(C)n(Cc2ccccc2)c1C. The monoisotopic (exact) mass is 404 g/mol. The van der Waals surface area contributed by atoms with Gasteiger partial charge in [0.1, 0.15) is 0 Å². The topological polar surface area (TPSA) is 33.1 Å². The molecule has 1 aromatic carbocycles. The highest BCUT2D eigenvalue weighted by Crippen LogP contribution is 2.40. The number of hydrogen-bond acceptors (Lipinski definition) is 2. The van der Waals surface area contributed by atoms with Gasteiger partial charge in [0.2, 0.25) is 0 Å². The minimum Gasteiger partial charge on any atom is -0.352 e. The molecule has 150 valence electrons. The largest absolute Gasteiger partial charge is 0.352 e. The van der Waals surface area contributed by atoms with Gasteiger partial charge in [0.15, 0.2) is 5.11 Å². The van der Waals surface area contributed by atoms with Crippen molar-refractivity contribution < 1.29 is 0 Å². The molecule has 3 heterocycles. The fraction of sp³-hybridized carbons (Fsp3) is 0.333. The summed E-state index contributed by atoms with van der Waals surface area (Å²) < 4.78 is 2.41. The lowest BCUT2D eigenvalue weighted by molar-refractivity contribution is 0.316. The van der Waals surface area contributed by atoms with Crippen molar-refractivity contribution in [2.75, 3.05) is 6.54 Å². The molecule has 1 fully saturated rings. The molecular formula is C24H28N4S. The van der Waals surface area contributed by atoms with Crippen molar-refractivity contribution in [1.29, 1.82) is 0 Å². The predicted molar refractivity (Wildman–Crippen MR) is 122 cm³/mol. The third kappa shape index (κ3) is 3.79. The summed E-state index contributed by atoms with van der Waals surface area (Å²) in [6, 6.07) is 19.3. The number of benzene rings is 1. The van der Waals surface area contributed by atoms with Crippen molar-refractivity contribution in [2.45, 2.75) is 45.8 Å². The molecule has 0 amide bonds. The van der Waals surface area contributed by atoms with Gasteiger partial charge < -0.3 is 14.8 Å². The van der Waals surface area contributed by atoms with E-state index >= 15 is 0 Å². The van der Waals surface area contributed by atoms with Gasteiger partial charge in [0, 0.05) is 30.7 Å². The molecule has 4 nitrogen and oxygen atoms in total. The second-order valence-corrected chi connectivity index (χ2v) is 8.10. The van der Waals surface area contributed by atoms with Crippen molar-refractivity contribution in [3.05, 3.63) is 89.0 Å². The summed E-state index contributed by atoms with van der Waals surface area (Å²) in [6.07, 6.45) is 2.91. The summed E-state index contributed by atoms with van der Waals surface area (Å²) in [7, 11) is 0. The summed E-state index contributed by atoms with van der Waals surface area (Å²) in [5, 5.41) is 4.36. The maximum absolute atomic E-state index is 5.73. The average molecular weight is 405 g/mol. The van der Waals surface area contributed by atoms with Gasteiger partial charge in [-0.05, 0) is 61.8 Å². The van der Waals surface area contributed by atoms with Crippen LogP contribution in [0.5, 0.6) is 0 Å². The van der Waals surface area contributed by atoms with Crippen molar-refractivity contribution >= 4 is 17.3 Å². The Bertz CT molecular complexity index is 981. The Morgan fingerprint density at radius 1 is 1.07 bits per heavy atom. The minimum atomic E-state index is 0.0564. The van der Waals surface area contributed by atoms with Gasteiger partial charge in [-0.15, -0.1) is 0 Å². The van der Waals surface area contributed by atoms with E-state index in [9.17, 15) is 0 Å². The zero-order valence-corrected chi connectivity index (χ0v) is 18.1. The predicted octanol–water partition coefficient (Wildman–Crippen LogP) is 4.93. The Morgan fingerprint density at radius 2 is 1.83 bits per heavy atom. The second kappa shape index (κ2) is 8.37. The van der Waals surface area contributed by atoms with Crippen molar-refractivity contribution in [1.82, 2.24) is 19.8 Å². The van der Waals surface area contributed by atoms with Gasteiger partial charge in [-0.25, -0.2) is 0 Å². The van der Waals surface area contributed by atoms with Crippen LogP contribution in [-0.4, -0.2) is 26.1 Å². The van der Waals surface area contributed by atoms with Gasteiger partial charge in [-0.3, -0.25) is 4.98 Å². The molecule has 29 heavy (non-hydrogen) atoms. The summed E-state index contributed by atoms with van der Waals surface area (Å²) in [6.45, 7) is 8.44. The Hall–Kier alpha value is -2.66. The van der Waals surface area contributed by atoms with Crippen LogP contribution in [0.2, 0.25) is 0 Å². The highest BCUT2D eigenvalue weighted by molar-refractivity contribution is 7.80. The number of aryl methyl sites for hydroxylation is 1. The molecule has 1 aliphatic rings. The number of nitrogens with zero attached hydrogens (tertiary/aromatic N) is 3. The van der Waals surface area contributed by atoms with E-state index in [0.29, 0.717) is 0 Å². The first-order valence-corrected chi connectivity index (χ1v) is 10.7. The van der Waals surface area contributed by atoms with Crippen LogP contribution in [0.3, 0.4) is 0 Å². The molecule has 1 saturated heterocycles. The first-order chi connectivity index (χ1) is 14.1. The van der Waals surface area contributed by atoms with E-state index < -0.39 is 0 Å². The molecule has 2 atom stereocenters. The van der Waals surface area contributed by atoms with E-state index in [1.165, 1.54) is 22.5 Å². The van der Waals surface area contributed by atoms with Crippen LogP contribution in [0.25, 0.3) is 0 Å². The molecule has 3 aromatic rings. The fourth-order valence-electron chi connectivity index (χ4n) is 4.36. The quantitative estimate of drug-likeness (QED) is 0.591. The van der Waals surface area contributed by atoms with Crippen LogP contribution in [0, 0.1) is 13.8 Å². The molecule has 1 N–H and O–H groups in total. The molecule has 4 rings (SSSR count). The van der Waals surface area contributed by atoms with Crippen LogP contribution in [0.4, 0.5) is 0 Å². The van der Waals surface area contributed by atoms with Crippen molar-refractivity contribution in [3.8, 4) is 0 Å². The van der Waals surface area contributed by atoms with Gasteiger partial charge >= 0.3 is 0 Å². The maximum atomic E-state index is 5.73. The first-order valence-electron chi connectivity index (χ1n) is 10.3.